The Hall–Kier alpha value is -2.28. The van der Waals surface area contributed by atoms with Crippen LogP contribution in [0.15, 0.2) is 23.0 Å². The second kappa shape index (κ2) is 4.43. The molecule has 96 valence electrons. The molecule has 0 saturated heterocycles. The van der Waals surface area contributed by atoms with Crippen LogP contribution in [0.5, 0.6) is 0 Å². The van der Waals surface area contributed by atoms with Gasteiger partial charge in [-0.15, -0.1) is 0 Å². The highest BCUT2D eigenvalue weighted by Crippen LogP contribution is 2.31. The van der Waals surface area contributed by atoms with Gasteiger partial charge in [-0.05, 0) is 25.5 Å². The third-order valence-electron chi connectivity index (χ3n) is 2.71. The van der Waals surface area contributed by atoms with Crippen LogP contribution in [-0.4, -0.2) is 20.1 Å². The Morgan fingerprint density at radius 1 is 1.26 bits per heavy atom. The van der Waals surface area contributed by atoms with Crippen LogP contribution in [0.4, 0.5) is 5.13 Å². The zero-order valence-corrected chi connectivity index (χ0v) is 11.2. The summed E-state index contributed by atoms with van der Waals surface area (Å²) in [5.74, 6) is 0.955. The van der Waals surface area contributed by atoms with Crippen molar-refractivity contribution in [2.45, 2.75) is 13.8 Å². The maximum atomic E-state index is 5.67. The number of hydrogen-bond donors (Lipinski definition) is 1. The Bertz CT molecular complexity index is 733. The molecular weight excluding hydrogens is 262 g/mol. The first-order valence-corrected chi connectivity index (χ1v) is 6.45. The zero-order valence-electron chi connectivity index (χ0n) is 10.4. The van der Waals surface area contributed by atoms with E-state index in [1.54, 1.807) is 12.4 Å². The van der Waals surface area contributed by atoms with E-state index in [2.05, 4.69) is 20.1 Å². The summed E-state index contributed by atoms with van der Waals surface area (Å²) in [6.45, 7) is 3.84. The minimum absolute atomic E-state index is 0.435. The van der Waals surface area contributed by atoms with Crippen LogP contribution < -0.4 is 5.73 Å². The lowest BCUT2D eigenvalue weighted by Crippen LogP contribution is -1.86. The number of nitrogen functional groups attached to an aromatic ring is 1. The topological polar surface area (TPSA) is 90.7 Å². The van der Waals surface area contributed by atoms with Crippen LogP contribution in [0.1, 0.15) is 11.3 Å². The molecule has 6 nitrogen and oxygen atoms in total. The fourth-order valence-electron chi connectivity index (χ4n) is 1.74. The molecule has 0 aromatic carbocycles. The molecule has 0 spiro atoms. The Kier molecular flexibility index (Phi) is 2.75. The summed E-state index contributed by atoms with van der Waals surface area (Å²) < 4.78 is 5.28. The molecule has 3 aromatic heterocycles. The number of hydrogen-bond acceptors (Lipinski definition) is 7. The van der Waals surface area contributed by atoms with E-state index in [0.29, 0.717) is 16.8 Å². The molecule has 0 aliphatic carbocycles. The quantitative estimate of drug-likeness (QED) is 0.771. The molecule has 3 rings (SSSR count). The molecular formula is C12H11N5OS. The van der Waals surface area contributed by atoms with Crippen molar-refractivity contribution in [1.82, 2.24) is 20.1 Å². The molecule has 3 heterocycles. The minimum atomic E-state index is 0.435. The monoisotopic (exact) mass is 273 g/mol. The van der Waals surface area contributed by atoms with Gasteiger partial charge >= 0.3 is 0 Å². The number of thiazole rings is 1. The number of anilines is 1. The Labute approximate surface area is 113 Å². The van der Waals surface area contributed by atoms with E-state index in [9.17, 15) is 0 Å². The normalized spacial score (nSPS) is 10.8. The number of nitrogens with zero attached hydrogens (tertiary/aromatic N) is 4. The zero-order chi connectivity index (χ0) is 13.4. The average Bonchev–Trinajstić information content (AvgIpc) is 2.96. The first kappa shape index (κ1) is 11.8. The number of aryl methyl sites for hydroxylation is 2. The van der Waals surface area contributed by atoms with E-state index in [-0.39, 0.29) is 0 Å². The minimum Gasteiger partial charge on any atom is -0.375 e. The maximum absolute atomic E-state index is 5.67. The lowest BCUT2D eigenvalue weighted by molar-refractivity contribution is 0.433. The summed E-state index contributed by atoms with van der Waals surface area (Å²) in [5.41, 5.74) is 8.36. The largest absolute Gasteiger partial charge is 0.375 e. The van der Waals surface area contributed by atoms with Gasteiger partial charge < -0.3 is 10.3 Å². The van der Waals surface area contributed by atoms with Gasteiger partial charge in [0, 0.05) is 18.0 Å². The molecule has 0 amide bonds. The third-order valence-corrected chi connectivity index (χ3v) is 3.69. The van der Waals surface area contributed by atoms with Gasteiger partial charge in [0.05, 0.1) is 5.69 Å². The summed E-state index contributed by atoms with van der Waals surface area (Å²) in [6, 6.07) is 1.90. The molecule has 0 fully saturated rings. The molecule has 19 heavy (non-hydrogen) atoms. The van der Waals surface area contributed by atoms with E-state index in [0.717, 1.165) is 21.7 Å². The molecule has 0 saturated carbocycles. The van der Waals surface area contributed by atoms with Crippen molar-refractivity contribution in [1.29, 1.82) is 0 Å². The molecule has 0 aliphatic heterocycles. The van der Waals surface area contributed by atoms with E-state index in [1.165, 1.54) is 11.3 Å². The summed E-state index contributed by atoms with van der Waals surface area (Å²) >= 11 is 1.33. The van der Waals surface area contributed by atoms with Gasteiger partial charge in [-0.2, -0.15) is 4.98 Å². The van der Waals surface area contributed by atoms with Crippen LogP contribution in [0, 0.1) is 13.8 Å². The molecule has 0 aliphatic rings. The van der Waals surface area contributed by atoms with E-state index in [1.807, 2.05) is 19.9 Å². The Morgan fingerprint density at radius 3 is 2.79 bits per heavy atom. The second-order valence-corrected chi connectivity index (χ2v) is 5.11. The number of rotatable bonds is 2. The second-order valence-electron chi connectivity index (χ2n) is 4.08. The van der Waals surface area contributed by atoms with Crippen LogP contribution in [0.25, 0.3) is 22.2 Å². The standard InChI is InChI=1S/C12H11N5OS/c1-6-3-4-14-5-8(6)10-16-11(18-17-10)9-7(2)15-12(13)19-9/h3-5H,1-2H3,(H2,13,15). The first-order chi connectivity index (χ1) is 9.15. The lowest BCUT2D eigenvalue weighted by atomic mass is 10.1. The van der Waals surface area contributed by atoms with Crippen LogP contribution >= 0.6 is 11.3 Å². The van der Waals surface area contributed by atoms with Crippen molar-refractivity contribution in [2.24, 2.45) is 0 Å². The summed E-state index contributed by atoms with van der Waals surface area (Å²) in [5, 5.41) is 4.48. The van der Waals surface area contributed by atoms with Crippen molar-refractivity contribution < 1.29 is 4.52 Å². The van der Waals surface area contributed by atoms with E-state index in [4.69, 9.17) is 10.3 Å². The maximum Gasteiger partial charge on any atom is 0.270 e. The lowest BCUT2D eigenvalue weighted by Gasteiger charge is -1.97. The molecule has 0 radical (unpaired) electrons. The molecule has 0 unspecified atom stereocenters. The number of pyridine rings is 1. The fourth-order valence-corrected chi connectivity index (χ4v) is 2.49. The van der Waals surface area contributed by atoms with Gasteiger partial charge in [-0.3, -0.25) is 4.98 Å². The van der Waals surface area contributed by atoms with Crippen LogP contribution in [0.3, 0.4) is 0 Å². The van der Waals surface area contributed by atoms with Crippen molar-refractivity contribution in [3.05, 3.63) is 29.7 Å². The van der Waals surface area contributed by atoms with Crippen LogP contribution in [0.2, 0.25) is 0 Å². The van der Waals surface area contributed by atoms with Crippen molar-refractivity contribution in [3.63, 3.8) is 0 Å². The van der Waals surface area contributed by atoms with Gasteiger partial charge in [-0.25, -0.2) is 4.98 Å². The Morgan fingerprint density at radius 2 is 2.11 bits per heavy atom. The summed E-state index contributed by atoms with van der Waals surface area (Å²) in [7, 11) is 0. The first-order valence-electron chi connectivity index (χ1n) is 5.63. The highest BCUT2D eigenvalue weighted by Gasteiger charge is 2.17. The van der Waals surface area contributed by atoms with Crippen molar-refractivity contribution in [3.8, 4) is 22.2 Å². The van der Waals surface area contributed by atoms with Gasteiger partial charge in [0.2, 0.25) is 5.82 Å². The van der Waals surface area contributed by atoms with E-state index >= 15 is 0 Å². The summed E-state index contributed by atoms with van der Waals surface area (Å²) in [4.78, 5) is 13.4. The molecule has 7 heteroatoms. The molecule has 3 aromatic rings. The molecule has 2 N–H and O–H groups in total. The fraction of sp³-hybridized carbons (Fsp3) is 0.167. The third kappa shape index (κ3) is 2.08. The van der Waals surface area contributed by atoms with Gasteiger partial charge in [0.25, 0.3) is 5.89 Å². The predicted molar refractivity (Wildman–Crippen MR) is 72.5 cm³/mol. The van der Waals surface area contributed by atoms with Crippen molar-refractivity contribution >= 4 is 16.5 Å². The van der Waals surface area contributed by atoms with E-state index < -0.39 is 0 Å². The molecule has 0 atom stereocenters. The smallest absolute Gasteiger partial charge is 0.270 e. The molecule has 0 bridgehead atoms. The highest BCUT2D eigenvalue weighted by atomic mass is 32.1. The van der Waals surface area contributed by atoms with Gasteiger partial charge in [0.1, 0.15) is 4.88 Å². The van der Waals surface area contributed by atoms with Crippen LogP contribution in [-0.2, 0) is 0 Å². The summed E-state index contributed by atoms with van der Waals surface area (Å²) in [6.07, 6.45) is 3.45. The highest BCUT2D eigenvalue weighted by molar-refractivity contribution is 7.18. The average molecular weight is 273 g/mol. The predicted octanol–water partition coefficient (Wildman–Crippen LogP) is 2.45. The van der Waals surface area contributed by atoms with Crippen molar-refractivity contribution in [2.75, 3.05) is 5.73 Å². The number of aromatic nitrogens is 4. The number of nitrogens with two attached hydrogens (primary N) is 1. The Balaban J connectivity index is 2.05. The SMILES string of the molecule is Cc1ccncc1-c1noc(-c2sc(N)nc2C)n1. The van der Waals surface area contributed by atoms with Gasteiger partial charge in [-0.1, -0.05) is 16.5 Å². The van der Waals surface area contributed by atoms with Gasteiger partial charge in [0.15, 0.2) is 5.13 Å².